The summed E-state index contributed by atoms with van der Waals surface area (Å²) in [5, 5.41) is 20.7. The summed E-state index contributed by atoms with van der Waals surface area (Å²) in [5.41, 5.74) is 1.07. The van der Waals surface area contributed by atoms with E-state index in [1.807, 2.05) is 12.1 Å². The van der Waals surface area contributed by atoms with E-state index in [2.05, 4.69) is 38.9 Å². The number of halogens is 1. The van der Waals surface area contributed by atoms with Crippen LogP contribution in [0.4, 0.5) is 11.8 Å². The summed E-state index contributed by atoms with van der Waals surface area (Å²) in [7, 11) is 1.74. The van der Waals surface area contributed by atoms with E-state index in [0.717, 1.165) is 37.9 Å². The number of aromatic nitrogens is 3. The van der Waals surface area contributed by atoms with Crippen LogP contribution in [-0.2, 0) is 9.47 Å². The molecule has 2 aromatic heterocycles. The summed E-state index contributed by atoms with van der Waals surface area (Å²) in [6, 6.07) is 7.47. The van der Waals surface area contributed by atoms with Crippen LogP contribution in [0, 0.1) is 16.7 Å². The van der Waals surface area contributed by atoms with Gasteiger partial charge in [0.1, 0.15) is 5.82 Å². The average Bonchev–Trinajstić information content (AvgIpc) is 2.90. The number of hydrogen-bond acceptors (Lipinski definition) is 9. The van der Waals surface area contributed by atoms with Gasteiger partial charge in [0.25, 0.3) is 0 Å². The fourth-order valence-electron chi connectivity index (χ4n) is 4.95. The van der Waals surface area contributed by atoms with E-state index in [4.69, 9.17) is 26.1 Å². The first-order chi connectivity index (χ1) is 17.5. The minimum absolute atomic E-state index is 0.325. The van der Waals surface area contributed by atoms with Crippen molar-refractivity contribution in [2.24, 2.45) is 5.41 Å². The molecular formula is C26H36ClN7O2. The summed E-state index contributed by atoms with van der Waals surface area (Å²) in [4.78, 5) is 13.6. The lowest BCUT2D eigenvalue weighted by Gasteiger charge is -2.31. The van der Waals surface area contributed by atoms with Gasteiger partial charge < -0.3 is 25.4 Å². The number of hydrogen-bond donors (Lipinski definition) is 3. The highest BCUT2D eigenvalue weighted by atomic mass is 35.5. The largest absolute Gasteiger partial charge is 0.383 e. The van der Waals surface area contributed by atoms with Crippen molar-refractivity contribution >= 4 is 23.4 Å². The maximum Gasteiger partial charge on any atom is 0.223 e. The molecule has 1 saturated carbocycles. The van der Waals surface area contributed by atoms with Crippen LogP contribution < -0.4 is 16.0 Å². The van der Waals surface area contributed by atoms with E-state index < -0.39 is 5.41 Å². The molecule has 0 amide bonds. The van der Waals surface area contributed by atoms with Crippen molar-refractivity contribution in [3.05, 3.63) is 29.5 Å². The zero-order valence-corrected chi connectivity index (χ0v) is 21.9. The van der Waals surface area contributed by atoms with Crippen LogP contribution in [0.25, 0.3) is 11.3 Å². The monoisotopic (exact) mass is 513 g/mol. The normalized spacial score (nSPS) is 22.4. The highest BCUT2D eigenvalue weighted by Crippen LogP contribution is 2.31. The molecular weight excluding hydrogens is 478 g/mol. The molecule has 4 rings (SSSR count). The van der Waals surface area contributed by atoms with Gasteiger partial charge in [-0.25, -0.2) is 15.0 Å². The molecule has 1 aliphatic carbocycles. The fourth-order valence-corrected chi connectivity index (χ4v) is 5.15. The second kappa shape index (κ2) is 12.6. The molecule has 194 valence electrons. The molecule has 0 radical (unpaired) electrons. The molecule has 2 aliphatic rings. The molecule has 9 nitrogen and oxygen atoms in total. The molecule has 1 aliphatic heterocycles. The molecule has 3 heterocycles. The number of methoxy groups -OCH3 is 1. The molecule has 0 spiro atoms. The third-order valence-electron chi connectivity index (χ3n) is 7.07. The molecule has 10 heteroatoms. The predicted octanol–water partition coefficient (Wildman–Crippen LogP) is 4.27. The molecule has 3 N–H and O–H groups in total. The standard InChI is InChI=1S/C26H36ClN7O2/c1-18(15-35-2)32-20-3-5-21(6-4-20)33-25-30-14-22(27)24(34-25)19-7-10-29-23(13-19)31-17-26(16-28)8-11-36-12-9-26/h7,10,13-14,18,20-21,32H,3-6,8-9,11-12,15,17H2,1-2H3,(H,29,31)(H,30,33,34). The third kappa shape index (κ3) is 7.04. The van der Waals surface area contributed by atoms with Crippen molar-refractivity contribution in [2.45, 2.75) is 63.6 Å². The highest BCUT2D eigenvalue weighted by molar-refractivity contribution is 6.32. The lowest BCUT2D eigenvalue weighted by molar-refractivity contribution is 0.0455. The molecule has 2 aromatic rings. The summed E-state index contributed by atoms with van der Waals surface area (Å²) in [6.45, 7) is 4.62. The maximum absolute atomic E-state index is 9.71. The Hall–Kier alpha value is -2.51. The Balaban J connectivity index is 1.37. The van der Waals surface area contributed by atoms with Crippen LogP contribution in [0.15, 0.2) is 24.5 Å². The smallest absolute Gasteiger partial charge is 0.223 e. The van der Waals surface area contributed by atoms with Gasteiger partial charge in [0.15, 0.2) is 0 Å². The van der Waals surface area contributed by atoms with Crippen LogP contribution in [0.1, 0.15) is 45.4 Å². The SMILES string of the molecule is COCC(C)NC1CCC(Nc2ncc(Cl)c(-c3ccnc(NCC4(C#N)CCOCC4)c3)n2)CC1. The zero-order chi connectivity index (χ0) is 25.4. The molecule has 1 unspecified atom stereocenters. The van der Waals surface area contributed by atoms with E-state index in [1.54, 1.807) is 19.5 Å². The zero-order valence-electron chi connectivity index (χ0n) is 21.1. The van der Waals surface area contributed by atoms with Gasteiger partial charge in [-0.15, -0.1) is 0 Å². The molecule has 2 fully saturated rings. The lowest BCUT2D eigenvalue weighted by Crippen LogP contribution is -2.43. The van der Waals surface area contributed by atoms with Gasteiger partial charge in [-0.1, -0.05) is 11.6 Å². The Morgan fingerprint density at radius 2 is 1.97 bits per heavy atom. The van der Waals surface area contributed by atoms with E-state index in [0.29, 0.717) is 73.2 Å². The molecule has 0 bridgehead atoms. The van der Waals surface area contributed by atoms with Crippen molar-refractivity contribution in [1.82, 2.24) is 20.3 Å². The van der Waals surface area contributed by atoms with Crippen LogP contribution in [0.2, 0.25) is 5.02 Å². The molecule has 36 heavy (non-hydrogen) atoms. The Morgan fingerprint density at radius 1 is 1.22 bits per heavy atom. The van der Waals surface area contributed by atoms with Gasteiger partial charge in [-0.05, 0) is 57.6 Å². The Bertz CT molecular complexity index is 1030. The topological polar surface area (TPSA) is 117 Å². The minimum atomic E-state index is -0.435. The molecule has 1 saturated heterocycles. The Labute approximate surface area is 218 Å². The quantitative estimate of drug-likeness (QED) is 0.428. The first-order valence-corrected chi connectivity index (χ1v) is 13.1. The van der Waals surface area contributed by atoms with Crippen molar-refractivity contribution in [3.63, 3.8) is 0 Å². The summed E-state index contributed by atoms with van der Waals surface area (Å²) in [6.07, 6.45) is 9.10. The fraction of sp³-hybridized carbons (Fsp3) is 0.615. The Morgan fingerprint density at radius 3 is 2.69 bits per heavy atom. The minimum Gasteiger partial charge on any atom is -0.383 e. The number of anilines is 2. The van der Waals surface area contributed by atoms with Gasteiger partial charge in [0.2, 0.25) is 5.95 Å². The number of nitrogens with zero attached hydrogens (tertiary/aromatic N) is 4. The van der Waals surface area contributed by atoms with Crippen LogP contribution >= 0.6 is 11.6 Å². The van der Waals surface area contributed by atoms with Crippen molar-refractivity contribution in [1.29, 1.82) is 5.26 Å². The highest BCUT2D eigenvalue weighted by Gasteiger charge is 2.32. The number of pyridine rings is 1. The number of rotatable bonds is 10. The molecule has 0 aromatic carbocycles. The summed E-state index contributed by atoms with van der Waals surface area (Å²) >= 11 is 6.49. The number of nitriles is 1. The molecule has 1 atom stereocenters. The van der Waals surface area contributed by atoms with Gasteiger partial charge in [0, 0.05) is 56.8 Å². The van der Waals surface area contributed by atoms with E-state index in [9.17, 15) is 5.26 Å². The van der Waals surface area contributed by atoms with Gasteiger partial charge in [-0.3, -0.25) is 0 Å². The first-order valence-electron chi connectivity index (χ1n) is 12.7. The average molecular weight is 514 g/mol. The summed E-state index contributed by atoms with van der Waals surface area (Å²) < 4.78 is 10.7. The van der Waals surface area contributed by atoms with Crippen molar-refractivity contribution in [2.75, 3.05) is 44.1 Å². The first kappa shape index (κ1) is 26.6. The Kier molecular flexibility index (Phi) is 9.32. The number of nitrogens with one attached hydrogen (secondary N) is 3. The number of ether oxygens (including phenoxy) is 2. The van der Waals surface area contributed by atoms with Gasteiger partial charge in [-0.2, -0.15) is 5.26 Å². The van der Waals surface area contributed by atoms with Crippen molar-refractivity contribution < 1.29 is 9.47 Å². The third-order valence-corrected chi connectivity index (χ3v) is 7.35. The van der Waals surface area contributed by atoms with Gasteiger partial charge >= 0.3 is 0 Å². The second-order valence-electron chi connectivity index (χ2n) is 9.89. The maximum atomic E-state index is 9.71. The van der Waals surface area contributed by atoms with Crippen LogP contribution in [0.3, 0.4) is 0 Å². The van der Waals surface area contributed by atoms with Crippen molar-refractivity contribution in [3.8, 4) is 17.3 Å². The van der Waals surface area contributed by atoms with Gasteiger partial charge in [0.05, 0.1) is 35.0 Å². The lowest BCUT2D eigenvalue weighted by atomic mass is 9.82. The summed E-state index contributed by atoms with van der Waals surface area (Å²) in [5.74, 6) is 1.27. The van der Waals surface area contributed by atoms with Crippen LogP contribution in [-0.4, -0.2) is 66.6 Å². The van der Waals surface area contributed by atoms with E-state index in [1.165, 1.54) is 0 Å². The second-order valence-corrected chi connectivity index (χ2v) is 10.3. The predicted molar refractivity (Wildman–Crippen MR) is 141 cm³/mol. The van der Waals surface area contributed by atoms with E-state index in [-0.39, 0.29) is 0 Å². The van der Waals surface area contributed by atoms with Crippen LogP contribution in [0.5, 0.6) is 0 Å². The van der Waals surface area contributed by atoms with E-state index >= 15 is 0 Å².